The third-order valence-electron chi connectivity index (χ3n) is 6.17. The predicted molar refractivity (Wildman–Crippen MR) is 98.8 cm³/mol. The lowest BCUT2D eigenvalue weighted by atomic mass is 9.61. The summed E-state index contributed by atoms with van der Waals surface area (Å²) >= 11 is 0. The number of fused-ring (bicyclic) bond motifs is 3. The van der Waals surface area contributed by atoms with Crippen molar-refractivity contribution < 1.29 is 14.6 Å². The van der Waals surface area contributed by atoms with Crippen LogP contribution in [0.4, 0.5) is 0 Å². The summed E-state index contributed by atoms with van der Waals surface area (Å²) in [5.74, 6) is 3.67. The van der Waals surface area contributed by atoms with Crippen molar-refractivity contribution in [2.24, 2.45) is 5.92 Å². The molecule has 2 aliphatic rings. The van der Waals surface area contributed by atoms with E-state index in [9.17, 15) is 5.11 Å². The fourth-order valence-electron chi connectivity index (χ4n) is 4.94. The van der Waals surface area contributed by atoms with Crippen molar-refractivity contribution in [3.05, 3.63) is 53.1 Å². The second-order valence-electron chi connectivity index (χ2n) is 7.35. The Balaban J connectivity index is 1.77. The summed E-state index contributed by atoms with van der Waals surface area (Å²) in [4.78, 5) is 0. The Morgan fingerprint density at radius 2 is 1.60 bits per heavy atom. The lowest BCUT2D eigenvalue weighted by Gasteiger charge is -2.43. The summed E-state index contributed by atoms with van der Waals surface area (Å²) in [6.45, 7) is 0. The molecule has 3 nitrogen and oxygen atoms in total. The first-order chi connectivity index (χ1) is 12.2. The Bertz CT molecular complexity index is 751. The molecule has 2 aliphatic carbocycles. The van der Waals surface area contributed by atoms with Gasteiger partial charge in [0.15, 0.2) is 0 Å². The van der Waals surface area contributed by atoms with Gasteiger partial charge in [-0.1, -0.05) is 25.0 Å². The number of phenolic OH excluding ortho intramolecular Hbond substituents is 1. The number of ether oxygens (including phenoxy) is 2. The number of hydrogen-bond donors (Lipinski definition) is 1. The van der Waals surface area contributed by atoms with E-state index < -0.39 is 0 Å². The minimum absolute atomic E-state index is 0.386. The molecule has 0 saturated heterocycles. The molecule has 1 fully saturated rings. The number of rotatable bonds is 3. The number of aromatic hydroxyl groups is 1. The van der Waals surface area contributed by atoms with E-state index in [4.69, 9.17) is 9.47 Å². The molecule has 0 radical (unpaired) electrons. The zero-order chi connectivity index (χ0) is 17.4. The van der Waals surface area contributed by atoms with Crippen LogP contribution in [0, 0.1) is 5.92 Å². The molecule has 1 N–H and O–H groups in total. The highest BCUT2D eigenvalue weighted by Gasteiger charge is 2.40. The van der Waals surface area contributed by atoms with Crippen LogP contribution in [0.25, 0.3) is 0 Å². The van der Waals surface area contributed by atoms with Gasteiger partial charge in [-0.15, -0.1) is 0 Å². The molecular weight excluding hydrogens is 312 g/mol. The van der Waals surface area contributed by atoms with E-state index in [0.717, 1.165) is 23.5 Å². The fraction of sp³-hybridized carbons (Fsp3) is 0.455. The molecule has 25 heavy (non-hydrogen) atoms. The van der Waals surface area contributed by atoms with Crippen molar-refractivity contribution in [1.29, 1.82) is 0 Å². The van der Waals surface area contributed by atoms with Crippen LogP contribution in [-0.4, -0.2) is 19.3 Å². The SMILES string of the molecule is COc1ccc(C2Cc3c(O)cc(OC)cc3C3CCCCC23)cc1. The highest BCUT2D eigenvalue weighted by Crippen LogP contribution is 2.53. The summed E-state index contributed by atoms with van der Waals surface area (Å²) in [6, 6.07) is 12.4. The summed E-state index contributed by atoms with van der Waals surface area (Å²) in [5, 5.41) is 10.6. The van der Waals surface area contributed by atoms with Gasteiger partial charge in [-0.3, -0.25) is 0 Å². The van der Waals surface area contributed by atoms with Gasteiger partial charge >= 0.3 is 0 Å². The molecule has 0 heterocycles. The molecule has 2 aromatic carbocycles. The Hall–Kier alpha value is -2.16. The highest BCUT2D eigenvalue weighted by molar-refractivity contribution is 5.51. The molecule has 0 spiro atoms. The lowest BCUT2D eigenvalue weighted by molar-refractivity contribution is 0.240. The van der Waals surface area contributed by atoms with Gasteiger partial charge in [0.05, 0.1) is 14.2 Å². The number of benzene rings is 2. The maximum atomic E-state index is 10.6. The molecule has 0 bridgehead atoms. The number of hydrogen-bond acceptors (Lipinski definition) is 3. The molecule has 4 rings (SSSR count). The van der Waals surface area contributed by atoms with E-state index in [1.807, 2.05) is 0 Å². The standard InChI is InChI=1S/C22H26O3/c1-24-15-9-7-14(8-10-15)19-13-21-20(11-16(25-2)12-22(21)23)18-6-4-3-5-17(18)19/h7-12,17-19,23H,3-6,13H2,1-2H3. The van der Waals surface area contributed by atoms with E-state index in [-0.39, 0.29) is 0 Å². The smallest absolute Gasteiger partial charge is 0.122 e. The summed E-state index contributed by atoms with van der Waals surface area (Å²) in [7, 11) is 3.37. The van der Waals surface area contributed by atoms with Crippen molar-refractivity contribution in [3.63, 3.8) is 0 Å². The van der Waals surface area contributed by atoms with Crippen LogP contribution in [0.15, 0.2) is 36.4 Å². The zero-order valence-electron chi connectivity index (χ0n) is 15.0. The molecular formula is C22H26O3. The van der Waals surface area contributed by atoms with E-state index >= 15 is 0 Å². The maximum Gasteiger partial charge on any atom is 0.122 e. The first-order valence-corrected chi connectivity index (χ1v) is 9.25. The van der Waals surface area contributed by atoms with Gasteiger partial charge in [0.1, 0.15) is 17.2 Å². The molecule has 1 saturated carbocycles. The van der Waals surface area contributed by atoms with Crippen LogP contribution in [-0.2, 0) is 6.42 Å². The minimum Gasteiger partial charge on any atom is -0.508 e. The van der Waals surface area contributed by atoms with Crippen molar-refractivity contribution >= 4 is 0 Å². The summed E-state index contributed by atoms with van der Waals surface area (Å²) in [6.07, 6.45) is 5.95. The van der Waals surface area contributed by atoms with E-state index in [0.29, 0.717) is 23.5 Å². The lowest BCUT2D eigenvalue weighted by Crippen LogP contribution is -2.31. The summed E-state index contributed by atoms with van der Waals surface area (Å²) in [5.41, 5.74) is 3.79. The van der Waals surface area contributed by atoms with Crippen molar-refractivity contribution in [2.75, 3.05) is 14.2 Å². The second kappa shape index (κ2) is 6.62. The zero-order valence-corrected chi connectivity index (χ0v) is 15.0. The molecule has 0 aromatic heterocycles. The molecule has 0 amide bonds. The van der Waals surface area contributed by atoms with Crippen molar-refractivity contribution in [3.8, 4) is 17.2 Å². The first kappa shape index (κ1) is 16.3. The Morgan fingerprint density at radius 3 is 2.32 bits per heavy atom. The van der Waals surface area contributed by atoms with Crippen LogP contribution in [0.2, 0.25) is 0 Å². The molecule has 0 aliphatic heterocycles. The molecule has 3 atom stereocenters. The fourth-order valence-corrected chi connectivity index (χ4v) is 4.94. The molecule has 3 heteroatoms. The topological polar surface area (TPSA) is 38.7 Å². The van der Waals surface area contributed by atoms with Crippen LogP contribution in [0.1, 0.15) is 54.2 Å². The second-order valence-corrected chi connectivity index (χ2v) is 7.35. The van der Waals surface area contributed by atoms with Crippen LogP contribution < -0.4 is 9.47 Å². The van der Waals surface area contributed by atoms with E-state index in [1.165, 1.54) is 36.8 Å². The number of methoxy groups -OCH3 is 2. The van der Waals surface area contributed by atoms with E-state index in [2.05, 4.69) is 30.3 Å². The monoisotopic (exact) mass is 338 g/mol. The van der Waals surface area contributed by atoms with E-state index in [1.54, 1.807) is 20.3 Å². The van der Waals surface area contributed by atoms with Gasteiger partial charge in [0, 0.05) is 6.07 Å². The first-order valence-electron chi connectivity index (χ1n) is 9.25. The van der Waals surface area contributed by atoms with Gasteiger partial charge in [-0.25, -0.2) is 0 Å². The molecule has 2 aromatic rings. The third kappa shape index (κ3) is 2.86. The third-order valence-corrected chi connectivity index (χ3v) is 6.17. The predicted octanol–water partition coefficient (Wildman–Crippen LogP) is 5.02. The molecule has 3 unspecified atom stereocenters. The van der Waals surface area contributed by atoms with Gasteiger partial charge in [0.25, 0.3) is 0 Å². The van der Waals surface area contributed by atoms with Gasteiger partial charge < -0.3 is 14.6 Å². The van der Waals surface area contributed by atoms with Gasteiger partial charge in [-0.2, -0.15) is 0 Å². The number of phenols is 1. The van der Waals surface area contributed by atoms with Crippen LogP contribution in [0.3, 0.4) is 0 Å². The van der Waals surface area contributed by atoms with Crippen molar-refractivity contribution in [1.82, 2.24) is 0 Å². The van der Waals surface area contributed by atoms with Crippen LogP contribution in [0.5, 0.6) is 17.2 Å². The average Bonchev–Trinajstić information content (AvgIpc) is 2.67. The van der Waals surface area contributed by atoms with Gasteiger partial charge in [0.2, 0.25) is 0 Å². The minimum atomic E-state index is 0.386. The maximum absolute atomic E-state index is 10.6. The van der Waals surface area contributed by atoms with Crippen molar-refractivity contribution in [2.45, 2.75) is 43.9 Å². The van der Waals surface area contributed by atoms with Gasteiger partial charge in [-0.05, 0) is 71.9 Å². The normalized spacial score (nSPS) is 25.0. The van der Waals surface area contributed by atoms with Crippen LogP contribution >= 0.6 is 0 Å². The Kier molecular flexibility index (Phi) is 4.32. The Labute approximate surface area is 149 Å². The molecule has 132 valence electrons. The largest absolute Gasteiger partial charge is 0.508 e. The Morgan fingerprint density at radius 1 is 0.880 bits per heavy atom. The average molecular weight is 338 g/mol. The summed E-state index contributed by atoms with van der Waals surface area (Å²) < 4.78 is 10.7. The quantitative estimate of drug-likeness (QED) is 0.854. The highest BCUT2D eigenvalue weighted by atomic mass is 16.5.